The minimum absolute atomic E-state index is 0.0408. The standard InChI is InChI=1S/C16H18N4O5S/c1-10-6-11(2)19-16(18-10)26-9-14(22)25-8-13(21)20-15(23)17-7-12-4-3-5-24-12/h3-6H,7-9H2,1-2H3,(H2,17,20,21,23). The number of aryl methyl sites for hydroxylation is 2. The van der Waals surface area contributed by atoms with Gasteiger partial charge in [0.25, 0.3) is 5.91 Å². The van der Waals surface area contributed by atoms with Crippen LogP contribution in [0.1, 0.15) is 17.1 Å². The molecule has 9 nitrogen and oxygen atoms in total. The van der Waals surface area contributed by atoms with Gasteiger partial charge in [0.05, 0.1) is 18.6 Å². The fourth-order valence-corrected chi connectivity index (χ4v) is 2.60. The van der Waals surface area contributed by atoms with Crippen molar-refractivity contribution >= 4 is 29.7 Å². The van der Waals surface area contributed by atoms with E-state index in [2.05, 4.69) is 15.3 Å². The molecule has 2 rings (SSSR count). The van der Waals surface area contributed by atoms with E-state index in [-0.39, 0.29) is 12.3 Å². The van der Waals surface area contributed by atoms with Crippen molar-refractivity contribution in [2.45, 2.75) is 25.5 Å². The molecule has 2 heterocycles. The van der Waals surface area contributed by atoms with E-state index in [1.54, 1.807) is 12.1 Å². The molecule has 0 fully saturated rings. The van der Waals surface area contributed by atoms with Gasteiger partial charge in [-0.2, -0.15) is 0 Å². The molecule has 0 saturated heterocycles. The molecule has 0 unspecified atom stereocenters. The summed E-state index contributed by atoms with van der Waals surface area (Å²) in [5.74, 6) is -0.836. The Balaban J connectivity index is 1.64. The summed E-state index contributed by atoms with van der Waals surface area (Å²) in [6, 6.07) is 4.48. The number of hydrogen-bond acceptors (Lipinski definition) is 8. The predicted octanol–water partition coefficient (Wildman–Crippen LogP) is 1.35. The third kappa shape index (κ3) is 6.93. The lowest BCUT2D eigenvalue weighted by atomic mass is 10.4. The number of nitrogens with one attached hydrogen (secondary N) is 2. The molecule has 0 aromatic carbocycles. The third-order valence-electron chi connectivity index (χ3n) is 2.90. The SMILES string of the molecule is Cc1cc(C)nc(SCC(=O)OCC(=O)NC(=O)NCc2ccco2)n1. The Bertz CT molecular complexity index is 759. The van der Waals surface area contributed by atoms with E-state index in [1.165, 1.54) is 6.26 Å². The van der Waals surface area contributed by atoms with Crippen LogP contribution < -0.4 is 10.6 Å². The number of carbonyl (C=O) groups is 3. The Hall–Kier alpha value is -2.88. The first-order chi connectivity index (χ1) is 12.4. The molecule has 3 amide bonds. The van der Waals surface area contributed by atoms with E-state index in [0.717, 1.165) is 23.1 Å². The minimum atomic E-state index is -0.733. The Morgan fingerprint density at radius 3 is 2.62 bits per heavy atom. The van der Waals surface area contributed by atoms with E-state index in [9.17, 15) is 14.4 Å². The highest BCUT2D eigenvalue weighted by Gasteiger charge is 2.12. The van der Waals surface area contributed by atoms with Gasteiger partial charge in [0.1, 0.15) is 5.76 Å². The molecule has 0 atom stereocenters. The maximum atomic E-state index is 11.7. The van der Waals surface area contributed by atoms with Crippen molar-refractivity contribution in [3.63, 3.8) is 0 Å². The van der Waals surface area contributed by atoms with Gasteiger partial charge in [0.15, 0.2) is 11.8 Å². The molecule has 2 N–H and O–H groups in total. The van der Waals surface area contributed by atoms with E-state index >= 15 is 0 Å². The summed E-state index contributed by atoms with van der Waals surface area (Å²) in [5, 5.41) is 4.94. The largest absolute Gasteiger partial charge is 0.467 e. The Labute approximate surface area is 153 Å². The number of ether oxygens (including phenoxy) is 1. The lowest BCUT2D eigenvalue weighted by Gasteiger charge is -2.07. The number of esters is 1. The number of imide groups is 1. The summed E-state index contributed by atoms with van der Waals surface area (Å²) in [7, 11) is 0. The van der Waals surface area contributed by atoms with Crippen molar-refractivity contribution in [2.24, 2.45) is 0 Å². The topological polar surface area (TPSA) is 123 Å². The summed E-state index contributed by atoms with van der Waals surface area (Å²) < 4.78 is 9.85. The van der Waals surface area contributed by atoms with Crippen LogP contribution in [0.4, 0.5) is 4.79 Å². The number of furan rings is 1. The van der Waals surface area contributed by atoms with Crippen molar-refractivity contribution in [1.29, 1.82) is 0 Å². The van der Waals surface area contributed by atoms with Gasteiger partial charge in [0.2, 0.25) is 0 Å². The van der Waals surface area contributed by atoms with Crippen LogP contribution in [0.15, 0.2) is 34.0 Å². The fraction of sp³-hybridized carbons (Fsp3) is 0.312. The highest BCUT2D eigenvalue weighted by atomic mass is 32.2. The van der Waals surface area contributed by atoms with Crippen LogP contribution in [-0.4, -0.2) is 40.2 Å². The summed E-state index contributed by atoms with van der Waals surface area (Å²) in [4.78, 5) is 43.1. The molecular weight excluding hydrogens is 360 g/mol. The molecule has 0 aliphatic carbocycles. The summed E-state index contributed by atoms with van der Waals surface area (Å²) >= 11 is 1.11. The molecule has 10 heteroatoms. The molecule has 2 aromatic heterocycles. The average Bonchev–Trinajstić information content (AvgIpc) is 3.09. The zero-order chi connectivity index (χ0) is 18.9. The maximum absolute atomic E-state index is 11.7. The van der Waals surface area contributed by atoms with Crippen LogP contribution in [0.2, 0.25) is 0 Å². The van der Waals surface area contributed by atoms with Gasteiger partial charge in [-0.25, -0.2) is 14.8 Å². The number of hydrogen-bond donors (Lipinski definition) is 2. The number of rotatable bonds is 7. The van der Waals surface area contributed by atoms with Gasteiger partial charge < -0.3 is 14.5 Å². The molecular formula is C16H18N4O5S. The lowest BCUT2D eigenvalue weighted by molar-refractivity contribution is -0.145. The highest BCUT2D eigenvalue weighted by molar-refractivity contribution is 7.99. The predicted molar refractivity (Wildman–Crippen MR) is 92.3 cm³/mol. The van der Waals surface area contributed by atoms with Crippen molar-refractivity contribution in [3.8, 4) is 0 Å². The van der Waals surface area contributed by atoms with Gasteiger partial charge in [0, 0.05) is 11.4 Å². The van der Waals surface area contributed by atoms with Crippen molar-refractivity contribution in [1.82, 2.24) is 20.6 Å². The zero-order valence-corrected chi connectivity index (χ0v) is 15.1. The van der Waals surface area contributed by atoms with Gasteiger partial charge in [-0.05, 0) is 32.0 Å². The minimum Gasteiger partial charge on any atom is -0.467 e. The van der Waals surface area contributed by atoms with Crippen LogP contribution in [0, 0.1) is 13.8 Å². The molecule has 0 spiro atoms. The number of carbonyl (C=O) groups excluding carboxylic acids is 3. The normalized spacial score (nSPS) is 10.2. The molecule has 0 saturated carbocycles. The van der Waals surface area contributed by atoms with Crippen LogP contribution in [-0.2, 0) is 20.9 Å². The molecule has 0 aliphatic heterocycles. The molecule has 2 aromatic rings. The van der Waals surface area contributed by atoms with E-state index in [0.29, 0.717) is 10.9 Å². The van der Waals surface area contributed by atoms with E-state index in [1.807, 2.05) is 25.2 Å². The monoisotopic (exact) mass is 378 g/mol. The summed E-state index contributed by atoms with van der Waals surface area (Å²) in [6.07, 6.45) is 1.47. The van der Waals surface area contributed by atoms with Crippen molar-refractivity contribution < 1.29 is 23.5 Å². The number of thioether (sulfide) groups is 1. The smallest absolute Gasteiger partial charge is 0.321 e. The average molecular weight is 378 g/mol. The first kappa shape index (κ1) is 19.4. The summed E-state index contributed by atoms with van der Waals surface area (Å²) in [6.45, 7) is 3.25. The second-order valence-corrected chi connectivity index (χ2v) is 6.14. The van der Waals surface area contributed by atoms with Crippen LogP contribution in [0.3, 0.4) is 0 Å². The van der Waals surface area contributed by atoms with Gasteiger partial charge >= 0.3 is 12.0 Å². The first-order valence-electron chi connectivity index (χ1n) is 7.63. The van der Waals surface area contributed by atoms with E-state index in [4.69, 9.17) is 9.15 Å². The number of urea groups is 1. The Morgan fingerprint density at radius 1 is 1.23 bits per heavy atom. The van der Waals surface area contributed by atoms with Gasteiger partial charge in [-0.15, -0.1) is 0 Å². The second-order valence-electron chi connectivity index (χ2n) is 5.19. The van der Waals surface area contributed by atoms with Crippen LogP contribution >= 0.6 is 11.8 Å². The zero-order valence-electron chi connectivity index (χ0n) is 14.3. The Kier molecular flexibility index (Phi) is 7.15. The Morgan fingerprint density at radius 2 is 1.96 bits per heavy atom. The molecule has 0 radical (unpaired) electrons. The molecule has 0 bridgehead atoms. The van der Waals surface area contributed by atoms with Gasteiger partial charge in [-0.3, -0.25) is 14.9 Å². The van der Waals surface area contributed by atoms with Crippen molar-refractivity contribution in [3.05, 3.63) is 41.6 Å². The van der Waals surface area contributed by atoms with Gasteiger partial charge in [-0.1, -0.05) is 11.8 Å². The summed E-state index contributed by atoms with van der Waals surface area (Å²) in [5.41, 5.74) is 1.60. The second kappa shape index (κ2) is 9.56. The molecule has 0 aliphatic rings. The molecule has 138 valence electrons. The number of aromatic nitrogens is 2. The first-order valence-corrected chi connectivity index (χ1v) is 8.61. The number of amides is 3. The maximum Gasteiger partial charge on any atom is 0.321 e. The van der Waals surface area contributed by atoms with E-state index < -0.39 is 24.5 Å². The fourth-order valence-electron chi connectivity index (χ4n) is 1.86. The third-order valence-corrected chi connectivity index (χ3v) is 3.72. The lowest BCUT2D eigenvalue weighted by Crippen LogP contribution is -2.41. The number of nitrogens with zero attached hydrogens (tertiary/aromatic N) is 2. The van der Waals surface area contributed by atoms with Crippen LogP contribution in [0.25, 0.3) is 0 Å². The molecule has 26 heavy (non-hydrogen) atoms. The van der Waals surface area contributed by atoms with Crippen molar-refractivity contribution in [2.75, 3.05) is 12.4 Å². The quantitative estimate of drug-likeness (QED) is 0.420. The highest BCUT2D eigenvalue weighted by Crippen LogP contribution is 2.14. The van der Waals surface area contributed by atoms with Crippen LogP contribution in [0.5, 0.6) is 0 Å².